The number of carbonyl (C=O) groups is 1. The normalized spacial score (nSPS) is 17.9. The lowest BCUT2D eigenvalue weighted by Crippen LogP contribution is -2.43. The number of hydrogen-bond donors (Lipinski definition) is 0. The van der Waals surface area contributed by atoms with Crippen LogP contribution in [0, 0.1) is 17.2 Å². The van der Waals surface area contributed by atoms with Crippen LogP contribution in [0.4, 0.5) is 5.69 Å². The molecule has 2 saturated heterocycles. The summed E-state index contributed by atoms with van der Waals surface area (Å²) in [5.41, 5.74) is 1.78. The predicted molar refractivity (Wildman–Crippen MR) is 134 cm³/mol. The lowest BCUT2D eigenvalue weighted by Gasteiger charge is -2.39. The minimum atomic E-state index is -0.354. The molecule has 2 heterocycles. The molecule has 6 nitrogen and oxygen atoms in total. The van der Waals surface area contributed by atoms with Crippen LogP contribution in [-0.4, -0.2) is 56.8 Å². The van der Waals surface area contributed by atoms with Crippen molar-refractivity contribution in [1.29, 1.82) is 5.26 Å². The molecule has 2 aromatic carbocycles. The van der Waals surface area contributed by atoms with Crippen molar-refractivity contribution in [1.82, 2.24) is 4.90 Å². The van der Waals surface area contributed by atoms with E-state index in [0.717, 1.165) is 69.8 Å². The zero-order valence-corrected chi connectivity index (χ0v) is 20.8. The van der Waals surface area contributed by atoms with Gasteiger partial charge in [-0.2, -0.15) is 5.26 Å². The number of ether oxygens (including phenoxy) is 2. The molecule has 0 aromatic heterocycles. The number of anilines is 1. The maximum Gasteiger partial charge on any atom is 0.340 e. The van der Waals surface area contributed by atoms with Crippen LogP contribution < -0.4 is 9.64 Å². The third-order valence-electron chi connectivity index (χ3n) is 6.74. The Morgan fingerprint density at radius 3 is 2.44 bits per heavy atom. The molecule has 0 amide bonds. The quantitative estimate of drug-likeness (QED) is 0.492. The van der Waals surface area contributed by atoms with E-state index in [1.165, 1.54) is 7.11 Å². The Balaban J connectivity index is 1.25. The summed E-state index contributed by atoms with van der Waals surface area (Å²) in [5.74, 6) is 0.990. The zero-order chi connectivity index (χ0) is 24.1. The summed E-state index contributed by atoms with van der Waals surface area (Å²) in [6.45, 7) is 4.84. The number of esters is 1. The molecule has 0 atom stereocenters. The first-order valence-electron chi connectivity index (χ1n) is 11.7. The number of carbonyl (C=O) groups excluding carboxylic acids is 1. The Morgan fingerprint density at radius 2 is 1.79 bits per heavy atom. The molecular formula is C26H29Cl2N3O3. The van der Waals surface area contributed by atoms with E-state index in [2.05, 4.69) is 15.9 Å². The first-order valence-corrected chi connectivity index (χ1v) is 12.4. The molecule has 2 fully saturated rings. The van der Waals surface area contributed by atoms with E-state index < -0.39 is 0 Å². The van der Waals surface area contributed by atoms with Crippen LogP contribution in [0.15, 0.2) is 36.4 Å². The van der Waals surface area contributed by atoms with Crippen LogP contribution in [0.2, 0.25) is 10.0 Å². The molecule has 8 heteroatoms. The SMILES string of the molecule is COC(=O)c1cccc(Cl)c1N1CCC(CN2CCC(Oc3ccc(C#N)c(Cl)c3)CC2)CC1. The van der Waals surface area contributed by atoms with Crippen molar-refractivity contribution in [3.8, 4) is 11.8 Å². The van der Waals surface area contributed by atoms with Gasteiger partial charge >= 0.3 is 5.97 Å². The van der Waals surface area contributed by atoms with E-state index in [1.807, 2.05) is 12.1 Å². The lowest BCUT2D eigenvalue weighted by molar-refractivity contribution is 0.0601. The molecule has 34 heavy (non-hydrogen) atoms. The van der Waals surface area contributed by atoms with Crippen LogP contribution >= 0.6 is 23.2 Å². The second-order valence-electron chi connectivity index (χ2n) is 8.93. The number of nitriles is 1. The average molecular weight is 502 g/mol. The lowest BCUT2D eigenvalue weighted by atomic mass is 9.94. The fraction of sp³-hybridized carbons (Fsp3) is 0.462. The number of methoxy groups -OCH3 is 1. The van der Waals surface area contributed by atoms with Crippen LogP contribution in [0.1, 0.15) is 41.6 Å². The molecule has 2 aliphatic rings. The summed E-state index contributed by atoms with van der Waals surface area (Å²) in [7, 11) is 1.40. The van der Waals surface area contributed by atoms with Crippen molar-refractivity contribution in [2.75, 3.05) is 44.7 Å². The van der Waals surface area contributed by atoms with Crippen LogP contribution in [0.5, 0.6) is 5.75 Å². The van der Waals surface area contributed by atoms with Gasteiger partial charge in [0.2, 0.25) is 0 Å². The van der Waals surface area contributed by atoms with Gasteiger partial charge in [0.25, 0.3) is 0 Å². The summed E-state index contributed by atoms with van der Waals surface area (Å²) in [5, 5.41) is 10.0. The third kappa shape index (κ3) is 5.78. The van der Waals surface area contributed by atoms with Crippen molar-refractivity contribution >= 4 is 34.9 Å². The van der Waals surface area contributed by atoms with Gasteiger partial charge in [0.15, 0.2) is 0 Å². The topological polar surface area (TPSA) is 65.8 Å². The van der Waals surface area contributed by atoms with Crippen molar-refractivity contribution < 1.29 is 14.3 Å². The predicted octanol–water partition coefficient (Wildman–Crippen LogP) is 5.41. The number of hydrogen-bond acceptors (Lipinski definition) is 6. The first-order chi connectivity index (χ1) is 16.5. The summed E-state index contributed by atoms with van der Waals surface area (Å²) in [6.07, 6.45) is 4.23. The van der Waals surface area contributed by atoms with Crippen molar-refractivity contribution in [3.05, 3.63) is 57.6 Å². The van der Waals surface area contributed by atoms with E-state index in [9.17, 15) is 4.79 Å². The highest BCUT2D eigenvalue weighted by molar-refractivity contribution is 6.34. The number of nitrogens with zero attached hydrogens (tertiary/aromatic N) is 3. The van der Waals surface area contributed by atoms with Gasteiger partial charge in [-0.1, -0.05) is 29.3 Å². The molecule has 0 N–H and O–H groups in total. The van der Waals surface area contributed by atoms with Gasteiger partial charge < -0.3 is 19.3 Å². The van der Waals surface area contributed by atoms with Gasteiger partial charge in [-0.05, 0) is 55.9 Å². The fourth-order valence-electron chi connectivity index (χ4n) is 4.88. The molecule has 0 spiro atoms. The molecule has 4 rings (SSSR count). The molecule has 0 radical (unpaired) electrons. The van der Waals surface area contributed by atoms with Gasteiger partial charge in [0, 0.05) is 38.8 Å². The summed E-state index contributed by atoms with van der Waals surface area (Å²) < 4.78 is 11.1. The van der Waals surface area contributed by atoms with Crippen LogP contribution in [0.3, 0.4) is 0 Å². The molecule has 2 aromatic rings. The molecule has 2 aliphatic heterocycles. The minimum Gasteiger partial charge on any atom is -0.490 e. The smallest absolute Gasteiger partial charge is 0.340 e. The van der Waals surface area contributed by atoms with Crippen LogP contribution in [0.25, 0.3) is 0 Å². The average Bonchev–Trinajstić information content (AvgIpc) is 2.85. The van der Waals surface area contributed by atoms with Gasteiger partial charge in [-0.3, -0.25) is 0 Å². The van der Waals surface area contributed by atoms with E-state index in [0.29, 0.717) is 27.1 Å². The highest BCUT2D eigenvalue weighted by Gasteiger charge is 2.28. The fourth-order valence-corrected chi connectivity index (χ4v) is 5.38. The maximum atomic E-state index is 12.2. The van der Waals surface area contributed by atoms with Gasteiger partial charge in [-0.25, -0.2) is 4.79 Å². The molecule has 0 aliphatic carbocycles. The molecule has 180 valence electrons. The third-order valence-corrected chi connectivity index (χ3v) is 7.36. The van der Waals surface area contributed by atoms with E-state index in [4.69, 9.17) is 37.9 Å². The Bertz CT molecular complexity index is 1060. The standard InChI is InChI=1S/C26H29Cl2N3O3/c1-33-26(32)22-3-2-4-23(27)25(22)31-13-7-18(8-14-31)17-30-11-9-20(10-12-30)34-21-6-5-19(16-29)24(28)15-21/h2-6,15,18,20H,7-14,17H2,1H3. The van der Waals surface area contributed by atoms with E-state index in [1.54, 1.807) is 24.3 Å². The summed E-state index contributed by atoms with van der Waals surface area (Å²) in [4.78, 5) is 16.9. The number of piperidine rings is 2. The van der Waals surface area contributed by atoms with Gasteiger partial charge in [0.05, 0.1) is 34.0 Å². The van der Waals surface area contributed by atoms with Crippen molar-refractivity contribution in [2.45, 2.75) is 31.8 Å². The van der Waals surface area contributed by atoms with Crippen LogP contribution in [-0.2, 0) is 4.74 Å². The monoisotopic (exact) mass is 501 g/mol. The van der Waals surface area contributed by atoms with Gasteiger partial charge in [0.1, 0.15) is 17.9 Å². The number of benzene rings is 2. The minimum absolute atomic E-state index is 0.166. The first kappa shape index (κ1) is 24.7. The Kier molecular flexibility index (Phi) is 8.20. The number of para-hydroxylation sites is 1. The van der Waals surface area contributed by atoms with Crippen molar-refractivity contribution in [3.63, 3.8) is 0 Å². The Hall–Kier alpha value is -2.46. The molecule has 0 unspecified atom stereocenters. The van der Waals surface area contributed by atoms with Gasteiger partial charge in [-0.15, -0.1) is 0 Å². The molecule has 0 bridgehead atoms. The molecule has 0 saturated carbocycles. The number of likely N-dealkylation sites (tertiary alicyclic amines) is 1. The number of rotatable bonds is 6. The second kappa shape index (κ2) is 11.3. The Morgan fingerprint density at radius 1 is 1.06 bits per heavy atom. The summed E-state index contributed by atoms with van der Waals surface area (Å²) >= 11 is 12.6. The van der Waals surface area contributed by atoms with E-state index in [-0.39, 0.29) is 12.1 Å². The molecular weight excluding hydrogens is 473 g/mol. The number of halogens is 2. The zero-order valence-electron chi connectivity index (χ0n) is 19.3. The Labute approximate surface area is 210 Å². The highest BCUT2D eigenvalue weighted by Crippen LogP contribution is 2.34. The highest BCUT2D eigenvalue weighted by atomic mass is 35.5. The largest absolute Gasteiger partial charge is 0.490 e. The summed E-state index contributed by atoms with van der Waals surface area (Å²) in [6, 6.07) is 12.7. The maximum absolute atomic E-state index is 12.2. The second-order valence-corrected chi connectivity index (χ2v) is 9.74. The van der Waals surface area contributed by atoms with E-state index >= 15 is 0 Å². The van der Waals surface area contributed by atoms with Crippen molar-refractivity contribution in [2.24, 2.45) is 5.92 Å².